The van der Waals surface area contributed by atoms with Crippen LogP contribution in [-0.2, 0) is 16.1 Å². The maximum absolute atomic E-state index is 11.2. The summed E-state index contributed by atoms with van der Waals surface area (Å²) in [4.78, 5) is 13.4. The van der Waals surface area contributed by atoms with Gasteiger partial charge >= 0.3 is 5.97 Å². The molecule has 2 atom stereocenters. The molecule has 1 aliphatic heterocycles. The summed E-state index contributed by atoms with van der Waals surface area (Å²) in [6.45, 7) is 4.47. The molecule has 5 heteroatoms. The van der Waals surface area contributed by atoms with Gasteiger partial charge in [-0.05, 0) is 19.0 Å². The molecule has 0 aliphatic carbocycles. The van der Waals surface area contributed by atoms with E-state index in [2.05, 4.69) is 11.8 Å². The van der Waals surface area contributed by atoms with Crippen LogP contribution in [0.2, 0.25) is 0 Å². The summed E-state index contributed by atoms with van der Waals surface area (Å²) in [7, 11) is 0. The van der Waals surface area contributed by atoms with Crippen LogP contribution in [0.4, 0.5) is 0 Å². The van der Waals surface area contributed by atoms with Gasteiger partial charge in [-0.2, -0.15) is 0 Å². The minimum absolute atomic E-state index is 0.0441. The Balaban J connectivity index is 2.06. The third-order valence-electron chi connectivity index (χ3n) is 3.31. The molecule has 0 radical (unpaired) electrons. The zero-order valence-electron chi connectivity index (χ0n) is 10.5. The predicted molar refractivity (Wildman–Crippen MR) is 65.1 cm³/mol. The summed E-state index contributed by atoms with van der Waals surface area (Å²) in [6.07, 6.45) is 4.33. The molecule has 1 aromatic heterocycles. The molecule has 0 aromatic carbocycles. The van der Waals surface area contributed by atoms with Gasteiger partial charge < -0.3 is 14.3 Å². The topological polar surface area (TPSA) is 62.9 Å². The second-order valence-electron chi connectivity index (χ2n) is 4.65. The molecule has 1 N–H and O–H groups in total. The fraction of sp³-hybridized carbons (Fsp3) is 0.615. The zero-order valence-corrected chi connectivity index (χ0v) is 10.5. The first-order chi connectivity index (χ1) is 8.72. The molecule has 0 bridgehead atoms. The van der Waals surface area contributed by atoms with E-state index in [-0.39, 0.29) is 6.04 Å². The second-order valence-corrected chi connectivity index (χ2v) is 4.65. The number of nitrogens with zero attached hydrogens (tertiary/aromatic N) is 1. The SMILES string of the molecule is CCCN(Cc1ccoc1)C1COCC1C(=O)O. The highest BCUT2D eigenvalue weighted by atomic mass is 16.5. The monoisotopic (exact) mass is 253 g/mol. The van der Waals surface area contributed by atoms with Crippen molar-refractivity contribution in [3.05, 3.63) is 24.2 Å². The first-order valence-electron chi connectivity index (χ1n) is 6.28. The summed E-state index contributed by atoms with van der Waals surface area (Å²) in [5.74, 6) is -1.20. The number of carboxylic acid groups (broad SMARTS) is 1. The van der Waals surface area contributed by atoms with E-state index >= 15 is 0 Å². The maximum atomic E-state index is 11.2. The van der Waals surface area contributed by atoms with Crippen LogP contribution in [0.3, 0.4) is 0 Å². The molecule has 2 unspecified atom stereocenters. The molecule has 2 heterocycles. The molecule has 100 valence electrons. The summed E-state index contributed by atoms with van der Waals surface area (Å²) >= 11 is 0. The molecule has 0 saturated carbocycles. The second kappa shape index (κ2) is 6.02. The predicted octanol–water partition coefficient (Wildman–Crippen LogP) is 1.59. The summed E-state index contributed by atoms with van der Waals surface area (Å²) < 4.78 is 10.4. The van der Waals surface area contributed by atoms with Crippen molar-refractivity contribution in [2.75, 3.05) is 19.8 Å². The Morgan fingerprint density at radius 2 is 2.39 bits per heavy atom. The summed E-state index contributed by atoms with van der Waals surface area (Å²) in [6, 6.07) is 1.87. The molecule has 0 spiro atoms. The highest BCUT2D eigenvalue weighted by molar-refractivity contribution is 5.71. The Kier molecular flexibility index (Phi) is 4.38. The van der Waals surface area contributed by atoms with Gasteiger partial charge in [-0.25, -0.2) is 0 Å². The van der Waals surface area contributed by atoms with Gasteiger partial charge in [-0.1, -0.05) is 6.92 Å². The molecule has 1 saturated heterocycles. The largest absolute Gasteiger partial charge is 0.481 e. The average molecular weight is 253 g/mol. The number of ether oxygens (including phenoxy) is 1. The van der Waals surface area contributed by atoms with Crippen molar-refractivity contribution < 1.29 is 19.1 Å². The van der Waals surface area contributed by atoms with Crippen LogP contribution < -0.4 is 0 Å². The van der Waals surface area contributed by atoms with E-state index in [9.17, 15) is 9.90 Å². The third-order valence-corrected chi connectivity index (χ3v) is 3.31. The molecule has 5 nitrogen and oxygen atoms in total. The number of carbonyl (C=O) groups is 1. The van der Waals surface area contributed by atoms with Crippen molar-refractivity contribution in [2.24, 2.45) is 5.92 Å². The van der Waals surface area contributed by atoms with Gasteiger partial charge in [0, 0.05) is 18.2 Å². The molecule has 2 rings (SSSR count). The minimum Gasteiger partial charge on any atom is -0.481 e. The summed E-state index contributed by atoms with van der Waals surface area (Å²) in [5.41, 5.74) is 1.07. The van der Waals surface area contributed by atoms with Gasteiger partial charge in [-0.3, -0.25) is 9.69 Å². The van der Waals surface area contributed by atoms with Crippen molar-refractivity contribution in [1.29, 1.82) is 0 Å². The lowest BCUT2D eigenvalue weighted by molar-refractivity contribution is -0.143. The number of furan rings is 1. The molecule has 0 amide bonds. The van der Waals surface area contributed by atoms with Gasteiger partial charge in [-0.15, -0.1) is 0 Å². The Morgan fingerprint density at radius 3 is 3.00 bits per heavy atom. The van der Waals surface area contributed by atoms with Gasteiger partial charge in [0.1, 0.15) is 0 Å². The third kappa shape index (κ3) is 2.91. The van der Waals surface area contributed by atoms with Crippen LogP contribution in [0, 0.1) is 5.92 Å². The zero-order chi connectivity index (χ0) is 13.0. The first kappa shape index (κ1) is 13.1. The number of rotatable bonds is 6. The maximum Gasteiger partial charge on any atom is 0.310 e. The lowest BCUT2D eigenvalue weighted by atomic mass is 10.0. The van der Waals surface area contributed by atoms with Gasteiger partial charge in [0.05, 0.1) is 31.7 Å². The molecule has 18 heavy (non-hydrogen) atoms. The van der Waals surface area contributed by atoms with Gasteiger partial charge in [0.15, 0.2) is 0 Å². The fourth-order valence-corrected chi connectivity index (χ4v) is 2.41. The Labute approximate surface area is 106 Å². The van der Waals surface area contributed by atoms with Gasteiger partial charge in [0.25, 0.3) is 0 Å². The van der Waals surface area contributed by atoms with E-state index in [0.717, 1.165) is 18.5 Å². The number of hydrogen-bond acceptors (Lipinski definition) is 4. The van der Waals surface area contributed by atoms with Crippen molar-refractivity contribution in [3.8, 4) is 0 Å². The molecular weight excluding hydrogens is 234 g/mol. The van der Waals surface area contributed by atoms with E-state index in [1.54, 1.807) is 12.5 Å². The van der Waals surface area contributed by atoms with E-state index in [1.807, 2.05) is 6.07 Å². The van der Waals surface area contributed by atoms with Crippen LogP contribution in [0.5, 0.6) is 0 Å². The molecule has 1 fully saturated rings. The number of hydrogen-bond donors (Lipinski definition) is 1. The van der Waals surface area contributed by atoms with Crippen molar-refractivity contribution in [3.63, 3.8) is 0 Å². The van der Waals surface area contributed by atoms with Crippen molar-refractivity contribution in [2.45, 2.75) is 25.9 Å². The van der Waals surface area contributed by atoms with Crippen LogP contribution in [0.15, 0.2) is 23.0 Å². The highest BCUT2D eigenvalue weighted by Crippen LogP contribution is 2.22. The average Bonchev–Trinajstić information content (AvgIpc) is 2.99. The van der Waals surface area contributed by atoms with Gasteiger partial charge in [0.2, 0.25) is 0 Å². The highest BCUT2D eigenvalue weighted by Gasteiger charge is 2.37. The molecule has 1 aliphatic rings. The van der Waals surface area contributed by atoms with E-state index in [1.165, 1.54) is 0 Å². The van der Waals surface area contributed by atoms with E-state index < -0.39 is 11.9 Å². The van der Waals surface area contributed by atoms with Crippen molar-refractivity contribution >= 4 is 5.97 Å². The minimum atomic E-state index is -0.772. The fourth-order valence-electron chi connectivity index (χ4n) is 2.41. The van der Waals surface area contributed by atoms with E-state index in [0.29, 0.717) is 19.8 Å². The smallest absolute Gasteiger partial charge is 0.310 e. The Hall–Kier alpha value is -1.33. The van der Waals surface area contributed by atoms with Crippen LogP contribution in [0.1, 0.15) is 18.9 Å². The normalized spacial score (nSPS) is 23.7. The van der Waals surface area contributed by atoms with Crippen LogP contribution in [-0.4, -0.2) is 41.8 Å². The lowest BCUT2D eigenvalue weighted by Gasteiger charge is -2.29. The standard InChI is InChI=1S/C13H19NO4/c1-2-4-14(6-10-3-5-17-7-10)12-9-18-8-11(12)13(15)16/h3,5,7,11-12H,2,4,6,8-9H2,1H3,(H,15,16). The Morgan fingerprint density at radius 1 is 1.56 bits per heavy atom. The Bertz CT molecular complexity index is 376. The molecular formula is C13H19NO4. The number of aliphatic carboxylic acids is 1. The van der Waals surface area contributed by atoms with Crippen LogP contribution in [0.25, 0.3) is 0 Å². The lowest BCUT2D eigenvalue weighted by Crippen LogP contribution is -2.43. The van der Waals surface area contributed by atoms with E-state index in [4.69, 9.17) is 9.15 Å². The molecule has 1 aromatic rings. The number of carboxylic acids is 1. The quantitative estimate of drug-likeness (QED) is 0.834. The van der Waals surface area contributed by atoms with Crippen LogP contribution >= 0.6 is 0 Å². The summed E-state index contributed by atoms with van der Waals surface area (Å²) in [5, 5.41) is 9.20. The first-order valence-corrected chi connectivity index (χ1v) is 6.28. The van der Waals surface area contributed by atoms with Crippen molar-refractivity contribution in [1.82, 2.24) is 4.90 Å².